The number of primary amides is 1. The van der Waals surface area contributed by atoms with E-state index in [0.717, 1.165) is 0 Å². The molecule has 0 aliphatic carbocycles. The third-order valence-corrected chi connectivity index (χ3v) is 2.20. The van der Waals surface area contributed by atoms with Crippen LogP contribution in [0.2, 0.25) is 0 Å². The second kappa shape index (κ2) is 7.19. The van der Waals surface area contributed by atoms with E-state index in [4.69, 9.17) is 11.5 Å². The summed E-state index contributed by atoms with van der Waals surface area (Å²) < 4.78 is 4.47. The smallest absolute Gasteiger partial charge is 0.322 e. The molecule has 88 valence electrons. The van der Waals surface area contributed by atoms with E-state index in [9.17, 15) is 9.59 Å². The lowest BCUT2D eigenvalue weighted by molar-refractivity contribution is -0.142. The summed E-state index contributed by atoms with van der Waals surface area (Å²) in [6.07, 6.45) is 1.69. The molecule has 0 aromatic carbocycles. The fourth-order valence-corrected chi connectivity index (χ4v) is 1.24. The lowest BCUT2D eigenvalue weighted by Crippen LogP contribution is -2.39. The summed E-state index contributed by atoms with van der Waals surface area (Å²) in [7, 11) is 2.96. The van der Waals surface area contributed by atoms with Gasteiger partial charge in [-0.05, 0) is 26.3 Å². The van der Waals surface area contributed by atoms with Crippen molar-refractivity contribution in [3.63, 3.8) is 0 Å². The molecule has 2 unspecified atom stereocenters. The molecule has 0 aliphatic heterocycles. The summed E-state index contributed by atoms with van der Waals surface area (Å²) in [6, 6.07) is -0.991. The minimum Gasteiger partial charge on any atom is -0.468 e. The number of rotatable bonds is 7. The highest BCUT2D eigenvalue weighted by Gasteiger charge is 2.16. The molecule has 0 saturated heterocycles. The summed E-state index contributed by atoms with van der Waals surface area (Å²) in [6.45, 7) is 0. The van der Waals surface area contributed by atoms with Crippen LogP contribution in [0.25, 0.3) is 0 Å². The monoisotopic (exact) mass is 217 g/mol. The fourth-order valence-electron chi connectivity index (χ4n) is 1.24. The topological polar surface area (TPSA) is 107 Å². The van der Waals surface area contributed by atoms with Crippen LogP contribution in [0.15, 0.2) is 0 Å². The second-order valence-corrected chi connectivity index (χ2v) is 3.30. The summed E-state index contributed by atoms with van der Waals surface area (Å²) in [4.78, 5) is 21.8. The maximum Gasteiger partial charge on any atom is 0.322 e. The zero-order valence-corrected chi connectivity index (χ0v) is 9.16. The van der Waals surface area contributed by atoms with Crippen molar-refractivity contribution in [2.45, 2.75) is 31.3 Å². The molecule has 0 aromatic heterocycles. The molecule has 0 bridgehead atoms. The maximum atomic E-state index is 10.9. The van der Waals surface area contributed by atoms with Crippen molar-refractivity contribution >= 4 is 11.9 Å². The number of hydrogen-bond donors (Lipinski definition) is 3. The van der Waals surface area contributed by atoms with E-state index < -0.39 is 17.9 Å². The lowest BCUT2D eigenvalue weighted by atomic mass is 10.1. The van der Waals surface area contributed by atoms with Gasteiger partial charge in [0.2, 0.25) is 5.91 Å². The van der Waals surface area contributed by atoms with Crippen molar-refractivity contribution in [3.8, 4) is 0 Å². The zero-order valence-electron chi connectivity index (χ0n) is 9.16. The molecule has 0 aromatic rings. The van der Waals surface area contributed by atoms with Gasteiger partial charge in [0, 0.05) is 0 Å². The SMILES string of the molecule is CNC(CCCC(N)C(=O)OC)C(N)=O. The highest BCUT2D eigenvalue weighted by atomic mass is 16.5. The third-order valence-electron chi connectivity index (χ3n) is 2.20. The van der Waals surface area contributed by atoms with Crippen molar-refractivity contribution in [2.24, 2.45) is 11.5 Å². The van der Waals surface area contributed by atoms with Gasteiger partial charge in [0.15, 0.2) is 0 Å². The van der Waals surface area contributed by atoms with E-state index in [1.54, 1.807) is 7.05 Å². The Bertz CT molecular complexity index is 221. The second-order valence-electron chi connectivity index (χ2n) is 3.30. The minimum atomic E-state index is -0.625. The molecular formula is C9H19N3O3. The molecule has 2 atom stereocenters. The molecule has 0 heterocycles. The number of methoxy groups -OCH3 is 1. The molecule has 0 saturated carbocycles. The summed E-state index contributed by atoms with van der Waals surface area (Å²) in [5, 5.41) is 2.79. The van der Waals surface area contributed by atoms with Gasteiger partial charge in [0.1, 0.15) is 6.04 Å². The Labute approximate surface area is 89.3 Å². The van der Waals surface area contributed by atoms with Crippen molar-refractivity contribution in [1.29, 1.82) is 0 Å². The average molecular weight is 217 g/mol. The molecule has 0 spiro atoms. The number of carbonyl (C=O) groups is 2. The maximum absolute atomic E-state index is 10.9. The van der Waals surface area contributed by atoms with Gasteiger partial charge in [0.05, 0.1) is 13.2 Å². The van der Waals surface area contributed by atoms with Crippen molar-refractivity contribution in [3.05, 3.63) is 0 Å². The van der Waals surface area contributed by atoms with E-state index >= 15 is 0 Å². The standard InChI is InChI=1S/C9H19N3O3/c1-12-7(8(11)13)5-3-4-6(10)9(14)15-2/h6-7,12H,3-5,10H2,1-2H3,(H2,11,13). The van der Waals surface area contributed by atoms with Crippen molar-refractivity contribution in [2.75, 3.05) is 14.2 Å². The molecule has 6 heteroatoms. The highest BCUT2D eigenvalue weighted by Crippen LogP contribution is 2.03. The van der Waals surface area contributed by atoms with Gasteiger partial charge in [-0.15, -0.1) is 0 Å². The molecule has 0 fully saturated rings. The van der Waals surface area contributed by atoms with Crippen LogP contribution in [0.4, 0.5) is 0 Å². The lowest BCUT2D eigenvalue weighted by Gasteiger charge is -2.13. The molecule has 0 rings (SSSR count). The molecular weight excluding hydrogens is 198 g/mol. The number of esters is 1. The Morgan fingerprint density at radius 3 is 2.40 bits per heavy atom. The van der Waals surface area contributed by atoms with Gasteiger partial charge in [-0.1, -0.05) is 0 Å². The van der Waals surface area contributed by atoms with Crippen LogP contribution >= 0.6 is 0 Å². The predicted molar refractivity (Wildman–Crippen MR) is 55.9 cm³/mol. The van der Waals surface area contributed by atoms with Crippen LogP contribution in [-0.2, 0) is 14.3 Å². The molecule has 6 nitrogen and oxygen atoms in total. The average Bonchev–Trinajstić information content (AvgIpc) is 2.22. The van der Waals surface area contributed by atoms with Crippen molar-refractivity contribution < 1.29 is 14.3 Å². The minimum absolute atomic E-state index is 0.366. The first-order valence-corrected chi connectivity index (χ1v) is 4.83. The van der Waals surface area contributed by atoms with Gasteiger partial charge in [-0.2, -0.15) is 0 Å². The Hall–Kier alpha value is -1.14. The predicted octanol–water partition coefficient (Wildman–Crippen LogP) is -1.27. The number of amides is 1. The van der Waals surface area contributed by atoms with Crippen LogP contribution in [-0.4, -0.2) is 38.1 Å². The first-order valence-electron chi connectivity index (χ1n) is 4.83. The molecule has 0 aliphatic rings. The van der Waals surface area contributed by atoms with E-state index in [-0.39, 0.29) is 6.04 Å². The van der Waals surface area contributed by atoms with Crippen LogP contribution in [0.5, 0.6) is 0 Å². The van der Waals surface area contributed by atoms with Gasteiger partial charge in [0.25, 0.3) is 0 Å². The van der Waals surface area contributed by atoms with Crippen LogP contribution in [0.1, 0.15) is 19.3 Å². The van der Waals surface area contributed by atoms with Crippen LogP contribution in [0.3, 0.4) is 0 Å². The summed E-state index contributed by atoms with van der Waals surface area (Å²) in [5.74, 6) is -0.834. The number of likely N-dealkylation sites (N-methyl/N-ethyl adjacent to an activating group) is 1. The fraction of sp³-hybridized carbons (Fsp3) is 0.778. The number of nitrogens with two attached hydrogens (primary N) is 2. The zero-order chi connectivity index (χ0) is 11.8. The Morgan fingerprint density at radius 1 is 1.40 bits per heavy atom. The van der Waals surface area contributed by atoms with E-state index in [0.29, 0.717) is 19.3 Å². The molecule has 1 amide bonds. The molecule has 0 radical (unpaired) electrons. The first kappa shape index (κ1) is 13.9. The Balaban J connectivity index is 3.77. The van der Waals surface area contributed by atoms with E-state index in [1.807, 2.05) is 0 Å². The molecule has 5 N–H and O–H groups in total. The third kappa shape index (κ3) is 5.34. The first-order chi connectivity index (χ1) is 7.02. The van der Waals surface area contributed by atoms with E-state index in [2.05, 4.69) is 10.1 Å². The molecule has 15 heavy (non-hydrogen) atoms. The van der Waals surface area contributed by atoms with Gasteiger partial charge >= 0.3 is 5.97 Å². The number of hydrogen-bond acceptors (Lipinski definition) is 5. The van der Waals surface area contributed by atoms with Crippen LogP contribution < -0.4 is 16.8 Å². The van der Waals surface area contributed by atoms with Gasteiger partial charge in [-0.3, -0.25) is 9.59 Å². The van der Waals surface area contributed by atoms with E-state index in [1.165, 1.54) is 7.11 Å². The quantitative estimate of drug-likeness (QED) is 0.461. The van der Waals surface area contributed by atoms with Gasteiger partial charge in [-0.25, -0.2) is 0 Å². The van der Waals surface area contributed by atoms with Crippen LogP contribution in [0, 0.1) is 0 Å². The summed E-state index contributed by atoms with van der Waals surface area (Å²) in [5.41, 5.74) is 10.6. The number of nitrogens with one attached hydrogen (secondary N) is 1. The Morgan fingerprint density at radius 2 is 2.00 bits per heavy atom. The largest absolute Gasteiger partial charge is 0.468 e. The number of carbonyl (C=O) groups excluding carboxylic acids is 2. The number of ether oxygens (including phenoxy) is 1. The normalized spacial score (nSPS) is 14.3. The highest BCUT2D eigenvalue weighted by molar-refractivity contribution is 5.79. The summed E-state index contributed by atoms with van der Waals surface area (Å²) >= 11 is 0. The van der Waals surface area contributed by atoms with Crippen molar-refractivity contribution in [1.82, 2.24) is 5.32 Å². The van der Waals surface area contributed by atoms with Gasteiger partial charge < -0.3 is 21.5 Å². The Kier molecular flexibility index (Phi) is 6.64.